The van der Waals surface area contributed by atoms with E-state index in [1.807, 2.05) is 36.4 Å². The van der Waals surface area contributed by atoms with Gasteiger partial charge in [-0.1, -0.05) is 72.2 Å². The number of benzene rings is 2. The number of carbonyl (C=O) groups excluding carboxylic acids is 2. The standard InChI is InChI=1S/C22H18N2O5S2/c25-17-13-15(9-10-16(17)21(28)29)23-19(26)11-12-24-20(27)18(31-22(24)30)8-4-7-14-5-2-1-3-6-14/h1-10,13,25H,11-12H2,(H,23,26)(H,28,29)/p-1/b7-4+,18-8+. The van der Waals surface area contributed by atoms with E-state index in [1.165, 1.54) is 22.7 Å². The van der Waals surface area contributed by atoms with Crippen LogP contribution in [0.15, 0.2) is 65.6 Å². The molecule has 1 aliphatic heterocycles. The highest BCUT2D eigenvalue weighted by Gasteiger charge is 2.31. The maximum atomic E-state index is 12.6. The molecule has 2 aromatic carbocycles. The molecule has 0 saturated carbocycles. The van der Waals surface area contributed by atoms with Crippen LogP contribution in [0.2, 0.25) is 0 Å². The fourth-order valence-corrected chi connectivity index (χ4v) is 3.99. The number of carbonyl (C=O) groups is 3. The van der Waals surface area contributed by atoms with E-state index in [0.717, 1.165) is 17.7 Å². The molecule has 0 aliphatic carbocycles. The number of carboxylic acids is 1. The van der Waals surface area contributed by atoms with Crippen molar-refractivity contribution >= 4 is 57.8 Å². The molecule has 2 aromatic rings. The third kappa shape index (κ3) is 5.80. The summed E-state index contributed by atoms with van der Waals surface area (Å²) in [6.45, 7) is 0.0910. The summed E-state index contributed by atoms with van der Waals surface area (Å²) >= 11 is 6.42. The third-order valence-electron chi connectivity index (χ3n) is 4.27. The van der Waals surface area contributed by atoms with Gasteiger partial charge in [0.1, 0.15) is 4.32 Å². The van der Waals surface area contributed by atoms with Crippen LogP contribution in [0, 0.1) is 0 Å². The molecule has 0 bridgehead atoms. The van der Waals surface area contributed by atoms with Crippen LogP contribution in [0.3, 0.4) is 0 Å². The number of rotatable bonds is 7. The second-order valence-electron chi connectivity index (χ2n) is 6.44. The van der Waals surface area contributed by atoms with Crippen molar-refractivity contribution in [2.75, 3.05) is 11.9 Å². The van der Waals surface area contributed by atoms with Gasteiger partial charge in [-0.2, -0.15) is 0 Å². The van der Waals surface area contributed by atoms with Gasteiger partial charge in [0.2, 0.25) is 5.91 Å². The van der Waals surface area contributed by atoms with Gasteiger partial charge in [0.15, 0.2) is 0 Å². The number of nitrogens with zero attached hydrogens (tertiary/aromatic N) is 1. The van der Waals surface area contributed by atoms with Gasteiger partial charge in [-0.3, -0.25) is 14.5 Å². The summed E-state index contributed by atoms with van der Waals surface area (Å²) in [5.74, 6) is -2.72. The third-order valence-corrected chi connectivity index (χ3v) is 5.66. The van der Waals surface area contributed by atoms with Crippen molar-refractivity contribution in [3.63, 3.8) is 0 Å². The second kappa shape index (κ2) is 10.1. The first-order valence-electron chi connectivity index (χ1n) is 9.16. The minimum absolute atomic E-state index is 0.0333. The van der Waals surface area contributed by atoms with E-state index in [0.29, 0.717) is 9.23 Å². The van der Waals surface area contributed by atoms with Gasteiger partial charge in [-0.25, -0.2) is 4.79 Å². The quantitative estimate of drug-likeness (QED) is 0.489. The topological polar surface area (TPSA) is 110 Å². The summed E-state index contributed by atoms with van der Waals surface area (Å²) in [6.07, 6.45) is 5.30. The number of hydrogen-bond acceptors (Lipinski definition) is 6. The van der Waals surface area contributed by atoms with Crippen LogP contribution >= 0.6 is 24.0 Å². The number of allylic oxidation sites excluding steroid dienone is 2. The fourth-order valence-electron chi connectivity index (χ4n) is 2.73. The molecule has 3 rings (SSSR count). The van der Waals surface area contributed by atoms with E-state index in [4.69, 9.17) is 17.3 Å². The minimum atomic E-state index is -1.33. The smallest absolute Gasteiger partial charge is 0.335 e. The first-order chi connectivity index (χ1) is 14.8. The van der Waals surface area contributed by atoms with Gasteiger partial charge >= 0.3 is 5.97 Å². The van der Waals surface area contributed by atoms with Crippen LogP contribution in [0.4, 0.5) is 5.69 Å². The average Bonchev–Trinajstić information content (AvgIpc) is 3.00. The Kier molecular flexibility index (Phi) is 7.22. The zero-order valence-electron chi connectivity index (χ0n) is 16.1. The number of anilines is 1. The predicted octanol–water partition coefficient (Wildman–Crippen LogP) is 3.24. The number of hydrogen-bond donors (Lipinski definition) is 2. The number of thiocarbonyl (C=S) groups is 1. The number of carboxylic acid groups (broad SMARTS) is 1. The summed E-state index contributed by atoms with van der Waals surface area (Å²) in [7, 11) is 0. The molecule has 7 nitrogen and oxygen atoms in total. The highest BCUT2D eigenvalue weighted by Crippen LogP contribution is 2.31. The molecule has 1 aliphatic rings. The maximum Gasteiger partial charge on any atom is 0.335 e. The Hall–Kier alpha value is -3.43. The van der Waals surface area contributed by atoms with Crippen LogP contribution in [-0.2, 0) is 9.59 Å². The molecule has 0 aromatic heterocycles. The lowest BCUT2D eigenvalue weighted by Gasteiger charge is -2.15. The van der Waals surface area contributed by atoms with E-state index in [2.05, 4.69) is 5.32 Å². The van der Waals surface area contributed by atoms with Crippen molar-refractivity contribution in [3.8, 4) is 5.75 Å². The SMILES string of the molecule is O=C(CCN1C(=O)/C(=C\C=C\c2ccccc2)SC1=S)Nc1ccc(C(=O)O)c([O-])c1. The van der Waals surface area contributed by atoms with E-state index in [-0.39, 0.29) is 30.1 Å². The molecule has 2 amide bonds. The van der Waals surface area contributed by atoms with Crippen molar-refractivity contribution in [3.05, 3.63) is 76.7 Å². The molecule has 1 fully saturated rings. The minimum Gasteiger partial charge on any atom is -0.872 e. The molecule has 9 heteroatoms. The highest BCUT2D eigenvalue weighted by atomic mass is 32.2. The number of aromatic carboxylic acids is 1. The molecule has 0 spiro atoms. The Morgan fingerprint density at radius 2 is 1.94 bits per heavy atom. The molecule has 1 saturated heterocycles. The van der Waals surface area contributed by atoms with E-state index in [1.54, 1.807) is 12.2 Å². The summed E-state index contributed by atoms with van der Waals surface area (Å²) < 4.78 is 0.366. The molecule has 0 radical (unpaired) electrons. The van der Waals surface area contributed by atoms with Crippen LogP contribution in [0.25, 0.3) is 6.08 Å². The zero-order chi connectivity index (χ0) is 22.4. The predicted molar refractivity (Wildman–Crippen MR) is 122 cm³/mol. The van der Waals surface area contributed by atoms with Crippen molar-refractivity contribution in [2.45, 2.75) is 6.42 Å². The van der Waals surface area contributed by atoms with E-state index in [9.17, 15) is 19.5 Å². The summed E-state index contributed by atoms with van der Waals surface area (Å²) in [4.78, 5) is 37.5. The van der Waals surface area contributed by atoms with Crippen molar-refractivity contribution in [1.29, 1.82) is 0 Å². The van der Waals surface area contributed by atoms with Gasteiger partial charge in [0.25, 0.3) is 5.91 Å². The van der Waals surface area contributed by atoms with E-state index >= 15 is 0 Å². The Balaban J connectivity index is 1.56. The first kappa shape index (κ1) is 22.3. The van der Waals surface area contributed by atoms with Gasteiger partial charge in [-0.05, 0) is 29.8 Å². The Morgan fingerprint density at radius 3 is 2.61 bits per heavy atom. The zero-order valence-corrected chi connectivity index (χ0v) is 17.7. The van der Waals surface area contributed by atoms with E-state index < -0.39 is 17.6 Å². The molecule has 2 N–H and O–H groups in total. The Labute approximate surface area is 188 Å². The lowest BCUT2D eigenvalue weighted by Crippen LogP contribution is -2.31. The second-order valence-corrected chi connectivity index (χ2v) is 8.12. The van der Waals surface area contributed by atoms with Gasteiger partial charge < -0.3 is 15.5 Å². The molecule has 158 valence electrons. The first-order valence-corrected chi connectivity index (χ1v) is 10.4. The molecule has 1 heterocycles. The summed E-state index contributed by atoms with van der Waals surface area (Å²) in [6, 6.07) is 13.2. The van der Waals surface area contributed by atoms with Crippen LogP contribution in [0.5, 0.6) is 5.75 Å². The molecule has 0 atom stereocenters. The van der Waals surface area contributed by atoms with Gasteiger partial charge in [0.05, 0.1) is 10.5 Å². The fraction of sp³-hybridized carbons (Fsp3) is 0.0909. The van der Waals surface area contributed by atoms with Crippen molar-refractivity contribution in [2.24, 2.45) is 0 Å². The highest BCUT2D eigenvalue weighted by molar-refractivity contribution is 8.26. The monoisotopic (exact) mass is 453 g/mol. The average molecular weight is 454 g/mol. The number of amides is 2. The summed E-state index contributed by atoms with van der Waals surface area (Å²) in [5.41, 5.74) is 0.823. The molecule has 0 unspecified atom stereocenters. The Morgan fingerprint density at radius 1 is 1.19 bits per heavy atom. The number of thioether (sulfide) groups is 1. The Bertz CT molecular complexity index is 1100. The molecular weight excluding hydrogens is 436 g/mol. The largest absolute Gasteiger partial charge is 0.872 e. The summed E-state index contributed by atoms with van der Waals surface area (Å²) in [5, 5.41) is 23.1. The normalized spacial score (nSPS) is 15.1. The lowest BCUT2D eigenvalue weighted by atomic mass is 10.2. The number of nitrogens with one attached hydrogen (secondary N) is 1. The molecule has 31 heavy (non-hydrogen) atoms. The van der Waals surface area contributed by atoms with Crippen LogP contribution < -0.4 is 10.4 Å². The van der Waals surface area contributed by atoms with Crippen LogP contribution in [0.1, 0.15) is 22.3 Å². The van der Waals surface area contributed by atoms with Crippen molar-refractivity contribution < 1.29 is 24.6 Å². The van der Waals surface area contributed by atoms with Crippen LogP contribution in [-0.4, -0.2) is 38.7 Å². The maximum absolute atomic E-state index is 12.6. The van der Waals surface area contributed by atoms with Gasteiger partial charge in [-0.15, -0.1) is 0 Å². The van der Waals surface area contributed by atoms with Gasteiger partial charge in [0, 0.05) is 18.7 Å². The molecular formula is C22H17N2O5S2-. The van der Waals surface area contributed by atoms with Crippen molar-refractivity contribution in [1.82, 2.24) is 4.90 Å². The lowest BCUT2D eigenvalue weighted by molar-refractivity contribution is -0.268.